The number of nitrogens with zero attached hydrogens (tertiary/aromatic N) is 2. The Balaban J connectivity index is 1.05. The van der Waals surface area contributed by atoms with Crippen molar-refractivity contribution in [2.24, 2.45) is 0 Å². The molecule has 6 rings (SSSR count). The molecule has 0 atom stereocenters. The van der Waals surface area contributed by atoms with Gasteiger partial charge in [0.2, 0.25) is 0 Å². The average Bonchev–Trinajstić information content (AvgIpc) is 2.97. The smallest absolute Gasteiger partial charge is 0.323 e. The summed E-state index contributed by atoms with van der Waals surface area (Å²) in [7, 11) is 0. The van der Waals surface area contributed by atoms with Crippen molar-refractivity contribution in [2.45, 2.75) is 0 Å². The highest BCUT2D eigenvalue weighted by Gasteiger charge is 2.22. The molecule has 188 valence electrons. The third-order valence-corrected chi connectivity index (χ3v) is 7.09. The van der Waals surface area contributed by atoms with Crippen molar-refractivity contribution < 1.29 is 9.59 Å². The van der Waals surface area contributed by atoms with E-state index in [4.69, 9.17) is 0 Å². The number of carbonyl (C=O) groups is 2. The Morgan fingerprint density at radius 1 is 0.605 bits per heavy atom. The molecular formula is C32H28N4O2. The molecule has 38 heavy (non-hydrogen) atoms. The summed E-state index contributed by atoms with van der Waals surface area (Å²) in [6, 6.07) is 35.4. The Bertz CT molecular complexity index is 1620. The van der Waals surface area contributed by atoms with E-state index in [1.807, 2.05) is 108 Å². The molecule has 0 spiro atoms. The molecule has 0 bridgehead atoms. The molecule has 3 amide bonds. The molecule has 1 aliphatic rings. The summed E-state index contributed by atoms with van der Waals surface area (Å²) in [4.78, 5) is 29.9. The fourth-order valence-corrected chi connectivity index (χ4v) is 5.05. The predicted molar refractivity (Wildman–Crippen MR) is 155 cm³/mol. The summed E-state index contributed by atoms with van der Waals surface area (Å²) in [6.45, 7) is 2.85. The topological polar surface area (TPSA) is 64.7 Å². The van der Waals surface area contributed by atoms with E-state index < -0.39 is 0 Å². The first-order chi connectivity index (χ1) is 18.6. The lowest BCUT2D eigenvalue weighted by atomic mass is 10.1. The van der Waals surface area contributed by atoms with Crippen LogP contribution in [-0.2, 0) is 0 Å². The van der Waals surface area contributed by atoms with Crippen LogP contribution in [-0.4, -0.2) is 43.0 Å². The van der Waals surface area contributed by atoms with Crippen LogP contribution in [0.1, 0.15) is 10.4 Å². The van der Waals surface area contributed by atoms with Gasteiger partial charge < -0.3 is 20.4 Å². The molecule has 0 unspecified atom stereocenters. The van der Waals surface area contributed by atoms with Gasteiger partial charge in [0, 0.05) is 48.5 Å². The first-order valence-corrected chi connectivity index (χ1v) is 12.8. The van der Waals surface area contributed by atoms with Gasteiger partial charge in [0.15, 0.2) is 0 Å². The quantitative estimate of drug-likeness (QED) is 0.292. The Hall–Kier alpha value is -4.84. The van der Waals surface area contributed by atoms with E-state index in [1.165, 1.54) is 0 Å². The summed E-state index contributed by atoms with van der Waals surface area (Å²) >= 11 is 0. The van der Waals surface area contributed by atoms with Gasteiger partial charge in [-0.3, -0.25) is 4.79 Å². The molecule has 0 radical (unpaired) electrons. The number of amides is 3. The van der Waals surface area contributed by atoms with Crippen LogP contribution in [0.3, 0.4) is 0 Å². The van der Waals surface area contributed by atoms with Crippen LogP contribution in [0.5, 0.6) is 0 Å². The molecule has 6 nitrogen and oxygen atoms in total. The predicted octanol–water partition coefficient (Wildman–Crippen LogP) is 6.60. The number of carbonyl (C=O) groups excluding carboxylic acids is 2. The zero-order valence-electron chi connectivity index (χ0n) is 20.9. The normalized spacial score (nSPS) is 13.5. The van der Waals surface area contributed by atoms with Crippen LogP contribution < -0.4 is 15.5 Å². The number of nitrogens with one attached hydrogen (secondary N) is 2. The lowest BCUT2D eigenvalue weighted by Gasteiger charge is -2.36. The van der Waals surface area contributed by atoms with Crippen molar-refractivity contribution in [1.29, 1.82) is 0 Å². The van der Waals surface area contributed by atoms with Crippen LogP contribution >= 0.6 is 0 Å². The molecule has 1 heterocycles. The van der Waals surface area contributed by atoms with Gasteiger partial charge in [-0.15, -0.1) is 0 Å². The SMILES string of the molecule is O=C(Nc1ccc(N2CCN(C(=O)c3ccc4ccccc4c3)CC2)cc1)Nc1cccc2ccccc12. The molecule has 1 saturated heterocycles. The molecule has 6 heteroatoms. The van der Waals surface area contributed by atoms with E-state index in [9.17, 15) is 9.59 Å². The van der Waals surface area contributed by atoms with Gasteiger partial charge in [-0.1, -0.05) is 66.7 Å². The second-order valence-electron chi connectivity index (χ2n) is 9.49. The lowest BCUT2D eigenvalue weighted by molar-refractivity contribution is 0.0747. The van der Waals surface area contributed by atoms with Gasteiger partial charge in [0.05, 0.1) is 5.69 Å². The summed E-state index contributed by atoms with van der Waals surface area (Å²) < 4.78 is 0. The third kappa shape index (κ3) is 4.89. The van der Waals surface area contributed by atoms with Crippen LogP contribution in [0.2, 0.25) is 0 Å². The van der Waals surface area contributed by atoms with E-state index in [0.29, 0.717) is 13.1 Å². The molecule has 0 aliphatic carbocycles. The van der Waals surface area contributed by atoms with Gasteiger partial charge in [-0.25, -0.2) is 4.79 Å². The van der Waals surface area contributed by atoms with E-state index in [0.717, 1.165) is 57.3 Å². The number of rotatable bonds is 4. The number of urea groups is 1. The van der Waals surface area contributed by atoms with Gasteiger partial charge in [-0.2, -0.15) is 0 Å². The highest BCUT2D eigenvalue weighted by Crippen LogP contribution is 2.24. The highest BCUT2D eigenvalue weighted by molar-refractivity contribution is 6.06. The lowest BCUT2D eigenvalue weighted by Crippen LogP contribution is -2.48. The minimum Gasteiger partial charge on any atom is -0.368 e. The number of hydrogen-bond donors (Lipinski definition) is 2. The number of benzene rings is 5. The molecule has 0 saturated carbocycles. The van der Waals surface area contributed by atoms with Crippen LogP contribution in [0, 0.1) is 0 Å². The van der Waals surface area contributed by atoms with Crippen LogP contribution in [0.4, 0.5) is 21.9 Å². The minimum atomic E-state index is -0.282. The second-order valence-corrected chi connectivity index (χ2v) is 9.49. The Morgan fingerprint density at radius 3 is 2.08 bits per heavy atom. The molecule has 1 aliphatic heterocycles. The summed E-state index contributed by atoms with van der Waals surface area (Å²) in [5.41, 5.74) is 3.29. The average molecular weight is 501 g/mol. The summed E-state index contributed by atoms with van der Waals surface area (Å²) in [6.07, 6.45) is 0. The number of hydrogen-bond acceptors (Lipinski definition) is 3. The van der Waals surface area contributed by atoms with E-state index >= 15 is 0 Å². The Morgan fingerprint density at radius 2 is 1.29 bits per heavy atom. The summed E-state index contributed by atoms with van der Waals surface area (Å²) in [5, 5.41) is 10.2. The van der Waals surface area contributed by atoms with Crippen molar-refractivity contribution in [3.8, 4) is 0 Å². The third-order valence-electron chi connectivity index (χ3n) is 7.09. The van der Waals surface area contributed by atoms with Crippen molar-refractivity contribution in [3.63, 3.8) is 0 Å². The van der Waals surface area contributed by atoms with Crippen LogP contribution in [0.15, 0.2) is 109 Å². The van der Waals surface area contributed by atoms with E-state index in [2.05, 4.69) is 21.6 Å². The summed E-state index contributed by atoms with van der Waals surface area (Å²) in [5.74, 6) is 0.0761. The van der Waals surface area contributed by atoms with Crippen molar-refractivity contribution in [2.75, 3.05) is 41.7 Å². The zero-order chi connectivity index (χ0) is 25.9. The van der Waals surface area contributed by atoms with Gasteiger partial charge in [0.1, 0.15) is 0 Å². The molecule has 5 aromatic carbocycles. The maximum atomic E-state index is 13.1. The molecule has 5 aromatic rings. The highest BCUT2D eigenvalue weighted by atomic mass is 16.2. The fraction of sp³-hybridized carbons (Fsp3) is 0.125. The Kier molecular flexibility index (Phi) is 6.36. The van der Waals surface area contributed by atoms with Gasteiger partial charge >= 0.3 is 6.03 Å². The van der Waals surface area contributed by atoms with Gasteiger partial charge in [0.25, 0.3) is 5.91 Å². The first kappa shape index (κ1) is 23.6. The van der Waals surface area contributed by atoms with Crippen molar-refractivity contribution >= 4 is 50.5 Å². The fourth-order valence-electron chi connectivity index (χ4n) is 5.05. The van der Waals surface area contributed by atoms with Crippen molar-refractivity contribution in [3.05, 3.63) is 115 Å². The largest absolute Gasteiger partial charge is 0.368 e. The zero-order valence-corrected chi connectivity index (χ0v) is 20.9. The molecular weight excluding hydrogens is 472 g/mol. The Labute approximate surface area is 221 Å². The van der Waals surface area contributed by atoms with E-state index in [-0.39, 0.29) is 11.9 Å². The van der Waals surface area contributed by atoms with Crippen molar-refractivity contribution in [1.82, 2.24) is 4.90 Å². The second kappa shape index (κ2) is 10.3. The standard InChI is InChI=1S/C32H28N4O2/c37-31(26-13-12-23-6-1-2-8-25(23)22-26)36-20-18-35(19-21-36)28-16-14-27(15-17-28)33-32(38)34-30-11-5-9-24-7-3-4-10-29(24)30/h1-17,22H,18-21H2,(H2,33,34,38). The maximum Gasteiger partial charge on any atom is 0.323 e. The van der Waals surface area contributed by atoms with Crippen LogP contribution in [0.25, 0.3) is 21.5 Å². The number of fused-ring (bicyclic) bond motifs is 2. The number of anilines is 3. The number of piperazine rings is 1. The molecule has 1 fully saturated rings. The van der Waals surface area contributed by atoms with E-state index in [1.54, 1.807) is 0 Å². The monoisotopic (exact) mass is 500 g/mol. The molecule has 0 aromatic heterocycles. The minimum absolute atomic E-state index is 0.0761. The first-order valence-electron chi connectivity index (χ1n) is 12.8. The molecule has 2 N–H and O–H groups in total. The van der Waals surface area contributed by atoms with Gasteiger partial charge in [-0.05, 0) is 58.6 Å². The maximum absolute atomic E-state index is 13.1.